The number of amides is 3. The van der Waals surface area contributed by atoms with E-state index in [1.54, 1.807) is 31.5 Å². The lowest BCUT2D eigenvalue weighted by Crippen LogP contribution is -2.46. The van der Waals surface area contributed by atoms with Crippen molar-refractivity contribution >= 4 is 17.7 Å². The van der Waals surface area contributed by atoms with Crippen LogP contribution < -0.4 is 4.74 Å². The van der Waals surface area contributed by atoms with E-state index in [4.69, 9.17) is 4.74 Å². The summed E-state index contributed by atoms with van der Waals surface area (Å²) in [5.74, 6) is 0.750. The molecule has 2 aliphatic rings. The fourth-order valence-electron chi connectivity index (χ4n) is 5.27. The predicted octanol–water partition coefficient (Wildman–Crippen LogP) is 2.13. The molecule has 2 aromatic rings. The number of methoxy groups -OCH3 is 1. The van der Waals surface area contributed by atoms with Crippen LogP contribution in [0.25, 0.3) is 0 Å². The zero-order valence-corrected chi connectivity index (χ0v) is 21.1. The van der Waals surface area contributed by atoms with Crippen molar-refractivity contribution in [2.75, 3.05) is 40.8 Å². The summed E-state index contributed by atoms with van der Waals surface area (Å²) in [6.07, 6.45) is 6.27. The van der Waals surface area contributed by atoms with Gasteiger partial charge in [0.1, 0.15) is 11.6 Å². The molecular weight excluding hydrogens is 446 g/mol. The number of likely N-dealkylation sites (tertiary alicyclic amines) is 2. The lowest BCUT2D eigenvalue weighted by molar-refractivity contribution is -0.144. The number of likely N-dealkylation sites (N-methyl/N-ethyl adjacent to an activating group) is 1. The first-order valence-electron chi connectivity index (χ1n) is 12.2. The van der Waals surface area contributed by atoms with Crippen LogP contribution in [0.3, 0.4) is 0 Å². The van der Waals surface area contributed by atoms with Crippen LogP contribution in [0.4, 0.5) is 0 Å². The van der Waals surface area contributed by atoms with Crippen LogP contribution in [-0.4, -0.2) is 82.8 Å². The molecule has 0 aliphatic carbocycles. The van der Waals surface area contributed by atoms with Crippen molar-refractivity contribution in [1.29, 1.82) is 0 Å². The number of carbonyl (C=O) groups excluding carboxylic acids is 3. The summed E-state index contributed by atoms with van der Waals surface area (Å²) >= 11 is 0. The Bertz CT molecular complexity index is 1100. The van der Waals surface area contributed by atoms with E-state index in [2.05, 4.69) is 4.98 Å². The van der Waals surface area contributed by atoms with Crippen molar-refractivity contribution < 1.29 is 19.1 Å². The number of carbonyl (C=O) groups is 3. The number of hydrogen-bond donors (Lipinski definition) is 0. The molecule has 0 N–H and O–H groups in total. The zero-order valence-electron chi connectivity index (χ0n) is 21.1. The monoisotopic (exact) mass is 481 g/mol. The largest absolute Gasteiger partial charge is 0.497 e. The Balaban J connectivity index is 1.69. The molecule has 35 heavy (non-hydrogen) atoms. The quantitative estimate of drug-likeness (QED) is 0.537. The fourth-order valence-corrected chi connectivity index (χ4v) is 5.27. The van der Waals surface area contributed by atoms with Gasteiger partial charge in [0, 0.05) is 51.9 Å². The van der Waals surface area contributed by atoms with Crippen molar-refractivity contribution in [3.8, 4) is 5.75 Å². The summed E-state index contributed by atoms with van der Waals surface area (Å²) in [5.41, 5.74) is -0.611. The van der Waals surface area contributed by atoms with Gasteiger partial charge in [0.05, 0.1) is 18.6 Å². The SMILES string of the molecule is COc1cccc([C@@]2(CC(=O)N3CCCC[C@H]3c3nccn3C)CC(=O)N(CCN(C)C)C2=O)c1. The summed E-state index contributed by atoms with van der Waals surface area (Å²) in [4.78, 5) is 50.5. The highest BCUT2D eigenvalue weighted by atomic mass is 16.5. The number of piperidine rings is 1. The lowest BCUT2D eigenvalue weighted by Gasteiger charge is -2.37. The third-order valence-electron chi connectivity index (χ3n) is 7.23. The molecule has 0 radical (unpaired) electrons. The molecule has 0 bridgehead atoms. The van der Waals surface area contributed by atoms with Crippen molar-refractivity contribution in [3.63, 3.8) is 0 Å². The standard InChI is InChI=1S/C26H35N5O4/c1-28(2)14-15-31-23(33)18-26(25(31)34,19-8-7-9-20(16-19)35-4)17-22(32)30-12-6-5-10-21(30)24-27-11-13-29(24)3/h7-9,11,13,16,21H,5-6,10,12,14-15,17-18H2,1-4H3/t21-,26+/m0/s1. The number of nitrogens with zero attached hydrogens (tertiary/aromatic N) is 5. The average Bonchev–Trinajstić information content (AvgIpc) is 3.38. The van der Waals surface area contributed by atoms with Crippen molar-refractivity contribution in [2.45, 2.75) is 43.6 Å². The molecule has 9 heteroatoms. The van der Waals surface area contributed by atoms with E-state index in [9.17, 15) is 14.4 Å². The smallest absolute Gasteiger partial charge is 0.240 e. The molecule has 4 rings (SSSR count). The molecular formula is C26H35N5O4. The van der Waals surface area contributed by atoms with Gasteiger partial charge < -0.3 is 19.1 Å². The molecule has 188 valence electrons. The molecule has 0 spiro atoms. The van der Waals surface area contributed by atoms with Gasteiger partial charge in [-0.05, 0) is 51.1 Å². The van der Waals surface area contributed by atoms with Gasteiger partial charge in [-0.15, -0.1) is 0 Å². The van der Waals surface area contributed by atoms with Crippen LogP contribution in [0.5, 0.6) is 5.75 Å². The van der Waals surface area contributed by atoms with Crippen LogP contribution in [0.2, 0.25) is 0 Å². The number of rotatable bonds is 8. The van der Waals surface area contributed by atoms with Gasteiger partial charge in [-0.25, -0.2) is 4.98 Å². The van der Waals surface area contributed by atoms with E-state index in [0.29, 0.717) is 30.9 Å². The second-order valence-electron chi connectivity index (χ2n) is 9.82. The molecule has 2 fully saturated rings. The number of ether oxygens (including phenoxy) is 1. The highest BCUT2D eigenvalue weighted by Crippen LogP contribution is 2.42. The molecule has 1 aromatic heterocycles. The fraction of sp³-hybridized carbons (Fsp3) is 0.538. The highest BCUT2D eigenvalue weighted by molar-refractivity contribution is 6.10. The number of benzene rings is 1. The molecule has 9 nitrogen and oxygen atoms in total. The Kier molecular flexibility index (Phi) is 7.25. The number of aromatic nitrogens is 2. The van der Waals surface area contributed by atoms with E-state index >= 15 is 0 Å². The Labute approximate surface area is 206 Å². The number of imide groups is 1. The lowest BCUT2D eigenvalue weighted by atomic mass is 9.75. The Morgan fingerprint density at radius 3 is 2.74 bits per heavy atom. The van der Waals surface area contributed by atoms with Crippen LogP contribution in [0.1, 0.15) is 49.5 Å². The highest BCUT2D eigenvalue weighted by Gasteiger charge is 2.54. The number of aryl methyl sites for hydroxylation is 1. The molecule has 1 aromatic carbocycles. The predicted molar refractivity (Wildman–Crippen MR) is 131 cm³/mol. The Hall–Kier alpha value is -3.20. The topological polar surface area (TPSA) is 88.0 Å². The van der Waals surface area contributed by atoms with Crippen LogP contribution in [0.15, 0.2) is 36.7 Å². The number of hydrogen-bond acceptors (Lipinski definition) is 6. The summed E-state index contributed by atoms with van der Waals surface area (Å²) < 4.78 is 7.35. The first-order valence-corrected chi connectivity index (χ1v) is 12.2. The van der Waals surface area contributed by atoms with Crippen LogP contribution >= 0.6 is 0 Å². The normalized spacial score (nSPS) is 22.8. The van der Waals surface area contributed by atoms with Crippen molar-refractivity contribution in [1.82, 2.24) is 24.3 Å². The summed E-state index contributed by atoms with van der Waals surface area (Å²) in [5, 5.41) is 0. The minimum absolute atomic E-state index is 0.0287. The maximum Gasteiger partial charge on any atom is 0.240 e. The third-order valence-corrected chi connectivity index (χ3v) is 7.23. The van der Waals surface area contributed by atoms with Crippen molar-refractivity contribution in [3.05, 3.63) is 48.0 Å². The molecule has 0 saturated carbocycles. The van der Waals surface area contributed by atoms with E-state index in [-0.39, 0.29) is 36.6 Å². The van der Waals surface area contributed by atoms with Gasteiger partial charge in [0.15, 0.2) is 0 Å². The Morgan fingerprint density at radius 1 is 1.26 bits per heavy atom. The van der Waals surface area contributed by atoms with Crippen LogP contribution in [-0.2, 0) is 26.8 Å². The first-order chi connectivity index (χ1) is 16.8. The average molecular weight is 482 g/mol. The molecule has 2 aliphatic heterocycles. The minimum atomic E-state index is -1.25. The summed E-state index contributed by atoms with van der Waals surface area (Å²) in [6, 6.07) is 7.06. The second kappa shape index (κ2) is 10.2. The molecule has 0 unspecified atom stereocenters. The molecule has 2 saturated heterocycles. The van der Waals surface area contributed by atoms with Gasteiger partial charge >= 0.3 is 0 Å². The van der Waals surface area contributed by atoms with E-state index in [1.807, 2.05) is 47.8 Å². The van der Waals surface area contributed by atoms with E-state index in [0.717, 1.165) is 25.1 Å². The number of imidazole rings is 1. The third kappa shape index (κ3) is 4.82. The summed E-state index contributed by atoms with van der Waals surface area (Å²) in [7, 11) is 7.29. The van der Waals surface area contributed by atoms with Gasteiger partial charge in [-0.3, -0.25) is 19.3 Å². The molecule has 3 amide bonds. The summed E-state index contributed by atoms with van der Waals surface area (Å²) in [6.45, 7) is 1.47. The minimum Gasteiger partial charge on any atom is -0.497 e. The van der Waals surface area contributed by atoms with E-state index < -0.39 is 5.41 Å². The van der Waals surface area contributed by atoms with Gasteiger partial charge in [-0.2, -0.15) is 0 Å². The maximum atomic E-state index is 13.9. The zero-order chi connectivity index (χ0) is 25.2. The first kappa shape index (κ1) is 24.9. The molecule has 3 heterocycles. The molecule has 2 atom stereocenters. The van der Waals surface area contributed by atoms with Gasteiger partial charge in [0.2, 0.25) is 17.7 Å². The van der Waals surface area contributed by atoms with Crippen molar-refractivity contribution in [2.24, 2.45) is 7.05 Å². The van der Waals surface area contributed by atoms with E-state index in [1.165, 1.54) is 4.90 Å². The maximum absolute atomic E-state index is 13.9. The van der Waals surface area contributed by atoms with Crippen LogP contribution in [0, 0.1) is 0 Å². The van der Waals surface area contributed by atoms with Gasteiger partial charge in [-0.1, -0.05) is 12.1 Å². The Morgan fingerprint density at radius 2 is 2.06 bits per heavy atom. The second-order valence-corrected chi connectivity index (χ2v) is 9.82. The van der Waals surface area contributed by atoms with Gasteiger partial charge in [0.25, 0.3) is 0 Å².